The zero-order valence-corrected chi connectivity index (χ0v) is 13.5. The highest BCUT2D eigenvalue weighted by molar-refractivity contribution is 6.32. The molecule has 0 bridgehead atoms. The summed E-state index contributed by atoms with van der Waals surface area (Å²) in [6.45, 7) is 3.50. The van der Waals surface area contributed by atoms with Gasteiger partial charge in [0.25, 0.3) is 0 Å². The molecule has 0 spiro atoms. The first-order valence-corrected chi connectivity index (χ1v) is 7.71. The maximum absolute atomic E-state index is 9.22. The molecule has 0 amide bonds. The quantitative estimate of drug-likeness (QED) is 0.921. The van der Waals surface area contributed by atoms with Crippen molar-refractivity contribution in [2.75, 3.05) is 18.0 Å². The molecule has 1 N–H and O–H groups in total. The van der Waals surface area contributed by atoms with Crippen molar-refractivity contribution in [2.24, 2.45) is 7.05 Å². The number of aliphatic hydroxyl groups excluding tert-OH is 1. The Hall–Kier alpha value is -1.73. The summed E-state index contributed by atoms with van der Waals surface area (Å²) in [6.07, 6.45) is 3.56. The Kier molecular flexibility index (Phi) is 4.26. The molecule has 1 fully saturated rings. The van der Waals surface area contributed by atoms with Crippen LogP contribution in [0.1, 0.15) is 36.2 Å². The average molecular weight is 323 g/mol. The van der Waals surface area contributed by atoms with E-state index in [1.165, 1.54) is 0 Å². The topological polar surface area (TPSA) is 80.0 Å². The molecular weight excluding hydrogens is 304 g/mol. The monoisotopic (exact) mass is 322 g/mol. The van der Waals surface area contributed by atoms with Gasteiger partial charge < -0.3 is 14.6 Å². The van der Waals surface area contributed by atoms with Gasteiger partial charge in [-0.25, -0.2) is 9.97 Å². The molecule has 8 heteroatoms. The number of aliphatic hydroxyl groups is 1. The Bertz CT molecular complexity index is 665. The first-order valence-electron chi connectivity index (χ1n) is 7.33. The number of aromatic nitrogens is 5. The van der Waals surface area contributed by atoms with E-state index in [9.17, 15) is 5.11 Å². The van der Waals surface area contributed by atoms with Crippen LogP contribution in [0, 0.1) is 6.92 Å². The van der Waals surface area contributed by atoms with Gasteiger partial charge in [0.1, 0.15) is 23.3 Å². The number of hydrogen-bond acceptors (Lipinski definition) is 6. The van der Waals surface area contributed by atoms with Gasteiger partial charge in [-0.15, -0.1) is 10.2 Å². The first-order chi connectivity index (χ1) is 10.6. The SMILES string of the molecule is Cc1ncc(Cl)c(N2CCC(c3nnc(CO)n3C)CC2)n1. The van der Waals surface area contributed by atoms with E-state index in [-0.39, 0.29) is 6.61 Å². The molecule has 7 nitrogen and oxygen atoms in total. The fourth-order valence-electron chi connectivity index (χ4n) is 2.88. The van der Waals surface area contributed by atoms with E-state index in [4.69, 9.17) is 11.6 Å². The van der Waals surface area contributed by atoms with Gasteiger partial charge in [0.15, 0.2) is 11.6 Å². The maximum atomic E-state index is 9.22. The predicted molar refractivity (Wildman–Crippen MR) is 82.9 cm³/mol. The third-order valence-corrected chi connectivity index (χ3v) is 4.41. The number of hydrogen-bond donors (Lipinski definition) is 1. The van der Waals surface area contributed by atoms with Crippen LogP contribution in [0.25, 0.3) is 0 Å². The van der Waals surface area contributed by atoms with Crippen molar-refractivity contribution in [1.29, 1.82) is 0 Å². The number of rotatable bonds is 3. The molecule has 2 aromatic rings. The summed E-state index contributed by atoms with van der Waals surface area (Å²) in [7, 11) is 1.90. The van der Waals surface area contributed by atoms with E-state index >= 15 is 0 Å². The number of piperidine rings is 1. The van der Waals surface area contributed by atoms with Crippen molar-refractivity contribution in [1.82, 2.24) is 24.7 Å². The summed E-state index contributed by atoms with van der Waals surface area (Å²) < 4.78 is 1.89. The molecular formula is C14H19ClN6O. The van der Waals surface area contributed by atoms with Crippen LogP contribution in [-0.2, 0) is 13.7 Å². The third-order valence-electron chi connectivity index (χ3n) is 4.15. The van der Waals surface area contributed by atoms with Gasteiger partial charge in [0.05, 0.1) is 6.20 Å². The minimum Gasteiger partial charge on any atom is -0.388 e. The van der Waals surface area contributed by atoms with Crippen LogP contribution in [0.5, 0.6) is 0 Å². The number of aryl methyl sites for hydroxylation is 1. The van der Waals surface area contributed by atoms with Crippen LogP contribution in [0.15, 0.2) is 6.20 Å². The van der Waals surface area contributed by atoms with E-state index < -0.39 is 0 Å². The lowest BCUT2D eigenvalue weighted by Gasteiger charge is -2.32. The van der Waals surface area contributed by atoms with Crippen molar-refractivity contribution < 1.29 is 5.11 Å². The zero-order chi connectivity index (χ0) is 15.7. The highest BCUT2D eigenvalue weighted by atomic mass is 35.5. The fraction of sp³-hybridized carbons (Fsp3) is 0.571. The smallest absolute Gasteiger partial charge is 0.158 e. The molecule has 1 saturated heterocycles. The summed E-state index contributed by atoms with van der Waals surface area (Å²) in [6, 6.07) is 0. The highest BCUT2D eigenvalue weighted by Crippen LogP contribution is 2.31. The molecule has 1 aliphatic rings. The number of anilines is 1. The molecule has 0 saturated carbocycles. The molecule has 22 heavy (non-hydrogen) atoms. The lowest BCUT2D eigenvalue weighted by atomic mass is 9.96. The second-order valence-corrected chi connectivity index (χ2v) is 5.95. The Morgan fingerprint density at radius 2 is 2.05 bits per heavy atom. The van der Waals surface area contributed by atoms with Crippen LogP contribution in [0.2, 0.25) is 5.02 Å². The van der Waals surface area contributed by atoms with Gasteiger partial charge in [0, 0.05) is 26.1 Å². The minimum atomic E-state index is -0.0852. The Morgan fingerprint density at radius 1 is 1.32 bits per heavy atom. The molecule has 1 aliphatic heterocycles. The summed E-state index contributed by atoms with van der Waals surface area (Å²) in [5, 5.41) is 18.0. The molecule has 2 aromatic heterocycles. The van der Waals surface area contributed by atoms with E-state index in [1.807, 2.05) is 18.5 Å². The molecule has 0 unspecified atom stereocenters. The third kappa shape index (κ3) is 2.78. The van der Waals surface area contributed by atoms with Crippen molar-refractivity contribution in [2.45, 2.75) is 32.3 Å². The first kappa shape index (κ1) is 15.2. The molecule has 0 radical (unpaired) electrons. The van der Waals surface area contributed by atoms with Gasteiger partial charge in [-0.2, -0.15) is 0 Å². The second kappa shape index (κ2) is 6.18. The van der Waals surface area contributed by atoms with Crippen molar-refractivity contribution in [3.05, 3.63) is 28.7 Å². The average Bonchev–Trinajstić information content (AvgIpc) is 2.91. The van der Waals surface area contributed by atoms with Crippen LogP contribution in [-0.4, -0.2) is 42.9 Å². The molecule has 3 heterocycles. The summed E-state index contributed by atoms with van der Waals surface area (Å²) >= 11 is 6.21. The van der Waals surface area contributed by atoms with Crippen LogP contribution in [0.3, 0.4) is 0 Å². The van der Waals surface area contributed by atoms with Crippen molar-refractivity contribution in [3.8, 4) is 0 Å². The maximum Gasteiger partial charge on any atom is 0.158 e. The fourth-order valence-corrected chi connectivity index (χ4v) is 3.09. The summed E-state index contributed by atoms with van der Waals surface area (Å²) in [4.78, 5) is 10.7. The molecule has 3 rings (SSSR count). The van der Waals surface area contributed by atoms with Gasteiger partial charge in [-0.1, -0.05) is 11.6 Å². The normalized spacial score (nSPS) is 16.3. The lowest BCUT2D eigenvalue weighted by molar-refractivity contribution is 0.266. The van der Waals surface area contributed by atoms with E-state index in [0.29, 0.717) is 16.8 Å². The molecule has 0 atom stereocenters. The van der Waals surface area contributed by atoms with Gasteiger partial charge in [0.2, 0.25) is 0 Å². The molecule has 0 aromatic carbocycles. The Balaban J connectivity index is 1.72. The number of nitrogens with zero attached hydrogens (tertiary/aromatic N) is 6. The van der Waals surface area contributed by atoms with Crippen molar-refractivity contribution >= 4 is 17.4 Å². The minimum absolute atomic E-state index is 0.0852. The number of halogens is 1. The molecule has 0 aliphatic carbocycles. The Morgan fingerprint density at radius 3 is 2.68 bits per heavy atom. The van der Waals surface area contributed by atoms with Crippen LogP contribution < -0.4 is 4.90 Å². The van der Waals surface area contributed by atoms with Gasteiger partial charge in [-0.3, -0.25) is 0 Å². The van der Waals surface area contributed by atoms with Gasteiger partial charge in [-0.05, 0) is 19.8 Å². The van der Waals surface area contributed by atoms with Crippen LogP contribution >= 0.6 is 11.6 Å². The van der Waals surface area contributed by atoms with Gasteiger partial charge >= 0.3 is 0 Å². The summed E-state index contributed by atoms with van der Waals surface area (Å²) in [5.74, 6) is 3.42. The standard InChI is InChI=1S/C14H19ClN6O/c1-9-16-7-11(15)14(17-9)21-5-3-10(4-6-21)13-19-18-12(8-22)20(13)2/h7,10,22H,3-6,8H2,1-2H3. The van der Waals surface area contributed by atoms with Crippen LogP contribution in [0.4, 0.5) is 5.82 Å². The predicted octanol–water partition coefficient (Wildman–Crippen LogP) is 1.44. The highest BCUT2D eigenvalue weighted by Gasteiger charge is 2.26. The van der Waals surface area contributed by atoms with E-state index in [0.717, 1.165) is 43.4 Å². The van der Waals surface area contributed by atoms with E-state index in [2.05, 4.69) is 25.1 Å². The summed E-state index contributed by atoms with van der Waals surface area (Å²) in [5.41, 5.74) is 0. The van der Waals surface area contributed by atoms with E-state index in [1.54, 1.807) is 6.20 Å². The molecule has 118 valence electrons. The largest absolute Gasteiger partial charge is 0.388 e. The zero-order valence-electron chi connectivity index (χ0n) is 12.7. The second-order valence-electron chi connectivity index (χ2n) is 5.54. The Labute approximate surface area is 134 Å². The van der Waals surface area contributed by atoms with Crippen molar-refractivity contribution in [3.63, 3.8) is 0 Å². The lowest BCUT2D eigenvalue weighted by Crippen LogP contribution is -2.34.